The number of nitrogens with one attached hydrogen (secondary N) is 1. The molecular weight excluding hydrogens is 328 g/mol. The fraction of sp³-hybridized carbons (Fsp3) is 0.118. The highest BCUT2D eigenvalue weighted by molar-refractivity contribution is 6.32. The first-order chi connectivity index (χ1) is 11.6. The molecule has 0 radical (unpaired) electrons. The van der Waals surface area contributed by atoms with E-state index in [1.807, 2.05) is 25.1 Å². The number of hydrogen-bond donors (Lipinski definition) is 1. The van der Waals surface area contributed by atoms with Gasteiger partial charge in [0.1, 0.15) is 11.4 Å². The molecule has 0 fully saturated rings. The second-order valence-electron chi connectivity index (χ2n) is 5.09. The molecule has 0 aliphatic heterocycles. The molecule has 0 bridgehead atoms. The average Bonchev–Trinajstić information content (AvgIpc) is 2.95. The largest absolute Gasteiger partial charge is 0.497 e. The molecule has 0 aliphatic rings. The second-order valence-corrected chi connectivity index (χ2v) is 5.50. The Labute approximate surface area is 144 Å². The Bertz CT molecular complexity index is 892. The number of methoxy groups -OCH3 is 1. The molecule has 0 atom stereocenters. The van der Waals surface area contributed by atoms with Crippen LogP contribution in [0.3, 0.4) is 0 Å². The molecule has 0 unspecified atom stereocenters. The lowest BCUT2D eigenvalue weighted by atomic mass is 10.3. The predicted molar refractivity (Wildman–Crippen MR) is 92.1 cm³/mol. The number of carbonyl (C=O) groups is 1. The van der Waals surface area contributed by atoms with E-state index < -0.39 is 0 Å². The summed E-state index contributed by atoms with van der Waals surface area (Å²) in [6, 6.07) is 10.6. The smallest absolute Gasteiger partial charge is 0.275 e. The Morgan fingerprint density at radius 1 is 1.29 bits per heavy atom. The van der Waals surface area contributed by atoms with E-state index in [1.165, 1.54) is 13.3 Å². The number of halogens is 1. The van der Waals surface area contributed by atoms with E-state index in [1.54, 1.807) is 29.1 Å². The lowest BCUT2D eigenvalue weighted by Gasteiger charge is -2.05. The number of hydrogen-bond acceptors (Lipinski definition) is 4. The molecule has 24 heavy (non-hydrogen) atoms. The highest BCUT2D eigenvalue weighted by Crippen LogP contribution is 2.22. The van der Waals surface area contributed by atoms with E-state index in [4.69, 9.17) is 16.3 Å². The minimum atomic E-state index is -0.360. The van der Waals surface area contributed by atoms with Crippen molar-refractivity contribution in [3.63, 3.8) is 0 Å². The van der Waals surface area contributed by atoms with Gasteiger partial charge >= 0.3 is 0 Å². The van der Waals surface area contributed by atoms with E-state index in [0.717, 1.165) is 11.3 Å². The number of benzene rings is 1. The average molecular weight is 343 g/mol. The zero-order valence-electron chi connectivity index (χ0n) is 13.2. The molecule has 3 aromatic rings. The van der Waals surface area contributed by atoms with E-state index in [0.29, 0.717) is 16.6 Å². The topological polar surface area (TPSA) is 69.0 Å². The van der Waals surface area contributed by atoms with Crippen molar-refractivity contribution in [1.29, 1.82) is 0 Å². The summed E-state index contributed by atoms with van der Waals surface area (Å²) in [6.07, 6.45) is 3.32. The van der Waals surface area contributed by atoms with E-state index >= 15 is 0 Å². The van der Waals surface area contributed by atoms with Gasteiger partial charge in [-0.15, -0.1) is 5.10 Å². The molecular formula is C17H15ClN4O2. The second kappa shape index (κ2) is 6.72. The van der Waals surface area contributed by atoms with Crippen LogP contribution in [-0.2, 0) is 0 Å². The molecule has 2 heterocycles. The molecule has 2 aromatic heterocycles. The van der Waals surface area contributed by atoms with Crippen molar-refractivity contribution in [1.82, 2.24) is 14.8 Å². The molecule has 0 saturated heterocycles. The summed E-state index contributed by atoms with van der Waals surface area (Å²) in [5, 5.41) is 7.72. The summed E-state index contributed by atoms with van der Waals surface area (Å²) in [5.41, 5.74) is 1.80. The SMILES string of the molecule is COc1ccnc(C(=O)Nc2nn(-c3ccccc3Cl)cc2C)c1. The van der Waals surface area contributed by atoms with Crippen LogP contribution in [-0.4, -0.2) is 27.8 Å². The summed E-state index contributed by atoms with van der Waals surface area (Å²) < 4.78 is 6.73. The minimum Gasteiger partial charge on any atom is -0.497 e. The molecule has 0 saturated carbocycles. The van der Waals surface area contributed by atoms with Gasteiger partial charge in [-0.2, -0.15) is 0 Å². The van der Waals surface area contributed by atoms with Crippen LogP contribution in [0.1, 0.15) is 16.1 Å². The van der Waals surface area contributed by atoms with Gasteiger partial charge in [0, 0.05) is 24.0 Å². The number of aryl methyl sites for hydroxylation is 1. The summed E-state index contributed by atoms with van der Waals surface area (Å²) in [5.74, 6) is 0.652. The predicted octanol–water partition coefficient (Wildman–Crippen LogP) is 3.49. The van der Waals surface area contributed by atoms with Crippen LogP contribution < -0.4 is 10.1 Å². The number of anilines is 1. The number of aromatic nitrogens is 3. The highest BCUT2D eigenvalue weighted by Gasteiger charge is 2.14. The lowest BCUT2D eigenvalue weighted by Crippen LogP contribution is -2.15. The Morgan fingerprint density at radius 2 is 2.08 bits per heavy atom. The normalized spacial score (nSPS) is 10.5. The molecule has 1 N–H and O–H groups in total. The Balaban J connectivity index is 1.86. The number of nitrogens with zero attached hydrogens (tertiary/aromatic N) is 3. The first-order valence-electron chi connectivity index (χ1n) is 7.21. The maximum atomic E-state index is 12.3. The van der Waals surface area contributed by atoms with Crippen molar-refractivity contribution < 1.29 is 9.53 Å². The van der Waals surface area contributed by atoms with E-state index in [2.05, 4.69) is 15.4 Å². The van der Waals surface area contributed by atoms with Gasteiger partial charge in [0.05, 0.1) is 17.8 Å². The van der Waals surface area contributed by atoms with Crippen LogP contribution in [0.5, 0.6) is 5.75 Å². The summed E-state index contributed by atoms with van der Waals surface area (Å²) in [6.45, 7) is 1.86. The number of ether oxygens (including phenoxy) is 1. The van der Waals surface area contributed by atoms with Gasteiger partial charge in [-0.05, 0) is 25.1 Å². The molecule has 1 amide bonds. The third-order valence-corrected chi connectivity index (χ3v) is 3.75. The monoisotopic (exact) mass is 342 g/mol. The van der Waals surface area contributed by atoms with Crippen molar-refractivity contribution in [2.75, 3.05) is 12.4 Å². The van der Waals surface area contributed by atoms with Gasteiger partial charge in [-0.3, -0.25) is 9.78 Å². The van der Waals surface area contributed by atoms with Gasteiger partial charge in [0.25, 0.3) is 5.91 Å². The zero-order chi connectivity index (χ0) is 17.1. The first kappa shape index (κ1) is 16.0. The summed E-state index contributed by atoms with van der Waals surface area (Å²) >= 11 is 6.18. The standard InChI is InChI=1S/C17H15ClN4O2/c1-11-10-22(15-6-4-3-5-13(15)18)21-16(11)20-17(23)14-9-12(24-2)7-8-19-14/h3-10H,1-2H3,(H,20,21,23). The zero-order valence-corrected chi connectivity index (χ0v) is 13.9. The van der Waals surface area contributed by atoms with Crippen molar-refractivity contribution >= 4 is 23.3 Å². The Kier molecular flexibility index (Phi) is 4.48. The first-order valence-corrected chi connectivity index (χ1v) is 7.59. The number of amides is 1. The summed E-state index contributed by atoms with van der Waals surface area (Å²) in [4.78, 5) is 16.4. The maximum absolute atomic E-state index is 12.3. The van der Waals surface area contributed by atoms with Gasteiger partial charge in [0.15, 0.2) is 5.82 Å². The van der Waals surface area contributed by atoms with Gasteiger partial charge in [-0.1, -0.05) is 23.7 Å². The lowest BCUT2D eigenvalue weighted by molar-refractivity contribution is 0.102. The van der Waals surface area contributed by atoms with Crippen molar-refractivity contribution in [2.45, 2.75) is 6.92 Å². The summed E-state index contributed by atoms with van der Waals surface area (Å²) in [7, 11) is 1.53. The van der Waals surface area contributed by atoms with Gasteiger partial charge < -0.3 is 10.1 Å². The number of carbonyl (C=O) groups excluding carboxylic acids is 1. The third kappa shape index (κ3) is 3.23. The van der Waals surface area contributed by atoms with Crippen molar-refractivity contribution in [3.05, 3.63) is 65.1 Å². The van der Waals surface area contributed by atoms with Crippen LogP contribution >= 0.6 is 11.6 Å². The number of para-hydroxylation sites is 1. The number of rotatable bonds is 4. The number of pyridine rings is 1. The third-order valence-electron chi connectivity index (χ3n) is 3.43. The molecule has 7 heteroatoms. The molecule has 1 aromatic carbocycles. The Hall–Kier alpha value is -2.86. The van der Waals surface area contributed by atoms with Crippen LogP contribution in [0.2, 0.25) is 5.02 Å². The maximum Gasteiger partial charge on any atom is 0.275 e. The van der Waals surface area contributed by atoms with Crippen molar-refractivity contribution in [2.24, 2.45) is 0 Å². The van der Waals surface area contributed by atoms with Crippen LogP contribution in [0, 0.1) is 6.92 Å². The highest BCUT2D eigenvalue weighted by atomic mass is 35.5. The fourth-order valence-electron chi connectivity index (χ4n) is 2.18. The van der Waals surface area contributed by atoms with Crippen LogP contribution in [0.4, 0.5) is 5.82 Å². The van der Waals surface area contributed by atoms with E-state index in [9.17, 15) is 4.79 Å². The Morgan fingerprint density at radius 3 is 2.83 bits per heavy atom. The molecule has 6 nitrogen and oxygen atoms in total. The minimum absolute atomic E-state index is 0.251. The fourth-order valence-corrected chi connectivity index (χ4v) is 2.40. The quantitative estimate of drug-likeness (QED) is 0.788. The van der Waals surface area contributed by atoms with Crippen molar-refractivity contribution in [3.8, 4) is 11.4 Å². The van der Waals surface area contributed by atoms with Crippen LogP contribution in [0.15, 0.2) is 48.8 Å². The molecule has 0 aliphatic carbocycles. The van der Waals surface area contributed by atoms with Crippen LogP contribution in [0.25, 0.3) is 5.69 Å². The molecule has 122 valence electrons. The molecule has 3 rings (SSSR count). The molecule has 0 spiro atoms. The van der Waals surface area contributed by atoms with E-state index in [-0.39, 0.29) is 11.6 Å². The van der Waals surface area contributed by atoms with Gasteiger partial charge in [0.2, 0.25) is 0 Å². The van der Waals surface area contributed by atoms with Gasteiger partial charge in [-0.25, -0.2) is 4.68 Å².